The van der Waals surface area contributed by atoms with Gasteiger partial charge in [-0.15, -0.1) is 0 Å². The van der Waals surface area contributed by atoms with E-state index in [0.717, 1.165) is 0 Å². The summed E-state index contributed by atoms with van der Waals surface area (Å²) in [7, 11) is 0. The summed E-state index contributed by atoms with van der Waals surface area (Å²) in [5.74, 6) is -0.250. The maximum Gasteiger partial charge on any atom is 0.305 e. The van der Waals surface area contributed by atoms with Crippen molar-refractivity contribution >= 4 is 5.97 Å². The molecule has 0 saturated carbocycles. The fourth-order valence-corrected chi connectivity index (χ4v) is 1.58. The second-order valence-corrected chi connectivity index (χ2v) is 4.32. The third-order valence-electron chi connectivity index (χ3n) is 2.38. The molecule has 0 aromatic carbocycles. The first-order chi connectivity index (χ1) is 6.93. The Kier molecular flexibility index (Phi) is 3.61. The van der Waals surface area contributed by atoms with E-state index in [-0.39, 0.29) is 12.3 Å². The number of carbonyl (C=O) groups is 1. The zero-order valence-electron chi connectivity index (χ0n) is 10.1. The molecule has 0 aromatic heterocycles. The van der Waals surface area contributed by atoms with E-state index in [9.17, 15) is 4.79 Å². The number of hydrogen-bond donors (Lipinski definition) is 0. The Morgan fingerprint density at radius 3 is 1.80 bits per heavy atom. The lowest BCUT2D eigenvalue weighted by molar-refractivity contribution is -0.170. The first kappa shape index (κ1) is 11.9. The second kappa shape index (κ2) is 4.55. The second-order valence-electron chi connectivity index (χ2n) is 4.32. The zero-order chi connectivity index (χ0) is 11.6. The maximum atomic E-state index is 11.0. The van der Waals surface area contributed by atoms with Gasteiger partial charge >= 0.3 is 5.97 Å². The molecule has 0 amide bonds. The summed E-state index contributed by atoms with van der Waals surface area (Å²) < 4.78 is 5.31. The molecule has 15 heavy (non-hydrogen) atoms. The van der Waals surface area contributed by atoms with Gasteiger partial charge in [0.2, 0.25) is 0 Å². The van der Waals surface area contributed by atoms with Crippen molar-refractivity contribution in [3.05, 3.63) is 12.4 Å². The normalized spacial score (nSPS) is 17.0. The molecular weight excluding hydrogens is 192 g/mol. The first-order valence-electron chi connectivity index (χ1n) is 5.34. The van der Waals surface area contributed by atoms with Gasteiger partial charge in [-0.25, -0.2) is 0 Å². The van der Waals surface area contributed by atoms with Crippen LogP contribution in [0.5, 0.6) is 0 Å². The highest BCUT2D eigenvalue weighted by atomic mass is 16.6. The molecule has 0 fully saturated rings. The highest BCUT2D eigenvalue weighted by Gasteiger charge is 2.31. The number of rotatable bonds is 3. The Bertz CT molecular complexity index is 243. The van der Waals surface area contributed by atoms with Gasteiger partial charge in [0.1, 0.15) is 0 Å². The zero-order valence-corrected chi connectivity index (χ0v) is 10.1. The molecule has 0 aromatic rings. The molecule has 1 heterocycles. The van der Waals surface area contributed by atoms with Crippen molar-refractivity contribution in [1.29, 1.82) is 0 Å². The molecule has 4 nitrogen and oxygen atoms in total. The van der Waals surface area contributed by atoms with Gasteiger partial charge in [-0.2, -0.15) is 0 Å². The van der Waals surface area contributed by atoms with Crippen LogP contribution in [0, 0.1) is 0 Å². The minimum absolute atomic E-state index is 0.250. The van der Waals surface area contributed by atoms with E-state index < -0.39 is 0 Å². The van der Waals surface area contributed by atoms with Crippen LogP contribution in [0.2, 0.25) is 0 Å². The fourth-order valence-electron chi connectivity index (χ4n) is 1.58. The number of hydrogen-bond acceptors (Lipinski definition) is 4. The predicted molar refractivity (Wildman–Crippen MR) is 58.6 cm³/mol. The van der Waals surface area contributed by atoms with Crippen LogP contribution in [0.15, 0.2) is 12.4 Å². The van der Waals surface area contributed by atoms with E-state index in [4.69, 9.17) is 4.74 Å². The Morgan fingerprint density at radius 1 is 1.13 bits per heavy atom. The lowest BCUT2D eigenvalue weighted by atomic mass is 10.3. The third kappa shape index (κ3) is 2.64. The molecule has 1 aliphatic rings. The lowest BCUT2D eigenvalue weighted by Gasteiger charge is -2.35. The Labute approximate surface area is 91.5 Å². The number of ether oxygens (including phenoxy) is 1. The van der Waals surface area contributed by atoms with Gasteiger partial charge < -0.3 is 14.5 Å². The quantitative estimate of drug-likeness (QED) is 0.667. The predicted octanol–water partition coefficient (Wildman–Crippen LogP) is 1.74. The fraction of sp³-hybridized carbons (Fsp3) is 0.727. The van der Waals surface area contributed by atoms with Crippen LogP contribution in [0.1, 0.15) is 34.6 Å². The van der Waals surface area contributed by atoms with Gasteiger partial charge in [-0.3, -0.25) is 4.79 Å². The minimum atomic E-state index is -0.289. The van der Waals surface area contributed by atoms with E-state index in [2.05, 4.69) is 27.7 Å². The van der Waals surface area contributed by atoms with Gasteiger partial charge in [0.05, 0.1) is 0 Å². The molecule has 0 radical (unpaired) electrons. The van der Waals surface area contributed by atoms with Crippen molar-refractivity contribution in [3.63, 3.8) is 0 Å². The summed E-state index contributed by atoms with van der Waals surface area (Å²) in [6.07, 6.45) is 3.65. The van der Waals surface area contributed by atoms with Gasteiger partial charge in [0, 0.05) is 31.4 Å². The molecule has 86 valence electrons. The summed E-state index contributed by atoms with van der Waals surface area (Å²) in [5, 5.41) is 0. The van der Waals surface area contributed by atoms with E-state index in [1.165, 1.54) is 6.92 Å². The van der Waals surface area contributed by atoms with Crippen LogP contribution >= 0.6 is 0 Å². The summed E-state index contributed by atoms with van der Waals surface area (Å²) >= 11 is 0. The maximum absolute atomic E-state index is 11.0. The number of esters is 1. The number of carbonyl (C=O) groups excluding carboxylic acids is 1. The molecule has 0 N–H and O–H groups in total. The highest BCUT2D eigenvalue weighted by molar-refractivity contribution is 5.66. The molecule has 4 heteroatoms. The van der Waals surface area contributed by atoms with E-state index in [0.29, 0.717) is 12.1 Å². The van der Waals surface area contributed by atoms with Crippen LogP contribution in [0.3, 0.4) is 0 Å². The molecule has 0 atom stereocenters. The molecule has 1 aliphatic heterocycles. The van der Waals surface area contributed by atoms with Gasteiger partial charge in [-0.1, -0.05) is 0 Å². The third-order valence-corrected chi connectivity index (χ3v) is 2.38. The van der Waals surface area contributed by atoms with Crippen LogP contribution in [0.4, 0.5) is 0 Å². The summed E-state index contributed by atoms with van der Waals surface area (Å²) in [4.78, 5) is 15.1. The first-order valence-corrected chi connectivity index (χ1v) is 5.34. The number of nitrogens with zero attached hydrogens (tertiary/aromatic N) is 2. The van der Waals surface area contributed by atoms with Crippen LogP contribution < -0.4 is 0 Å². The topological polar surface area (TPSA) is 32.8 Å². The van der Waals surface area contributed by atoms with Crippen molar-refractivity contribution in [2.45, 2.75) is 53.1 Å². The summed E-state index contributed by atoms with van der Waals surface area (Å²) in [6, 6.07) is 0.628. The van der Waals surface area contributed by atoms with Gasteiger partial charge in [-0.05, 0) is 27.7 Å². The molecule has 0 spiro atoms. The van der Waals surface area contributed by atoms with E-state index >= 15 is 0 Å². The van der Waals surface area contributed by atoms with Crippen molar-refractivity contribution in [1.82, 2.24) is 9.80 Å². The standard InChI is InChI=1S/C11H20N2O2/c1-8(2)12-6-7-13(9(3)4)11(12)15-10(5)14/h6-9,11H,1-5H3. The molecule has 0 saturated heterocycles. The lowest BCUT2D eigenvalue weighted by Crippen LogP contribution is -2.47. The monoisotopic (exact) mass is 212 g/mol. The summed E-state index contributed by atoms with van der Waals surface area (Å²) in [6.45, 7) is 9.74. The Hall–Kier alpha value is -1.19. The van der Waals surface area contributed by atoms with Crippen LogP contribution in [0.25, 0.3) is 0 Å². The van der Waals surface area contributed by atoms with Crippen molar-refractivity contribution in [3.8, 4) is 0 Å². The minimum Gasteiger partial charge on any atom is -0.423 e. The molecule has 0 aliphatic carbocycles. The Balaban J connectivity index is 2.77. The Morgan fingerprint density at radius 2 is 1.53 bits per heavy atom. The van der Waals surface area contributed by atoms with Crippen molar-refractivity contribution in [2.24, 2.45) is 0 Å². The van der Waals surface area contributed by atoms with E-state index in [1.54, 1.807) is 0 Å². The van der Waals surface area contributed by atoms with Crippen molar-refractivity contribution in [2.75, 3.05) is 0 Å². The molecular formula is C11H20N2O2. The van der Waals surface area contributed by atoms with Gasteiger partial charge in [0.15, 0.2) is 0 Å². The van der Waals surface area contributed by atoms with Gasteiger partial charge in [0.25, 0.3) is 6.35 Å². The molecule has 0 bridgehead atoms. The SMILES string of the molecule is CC(=O)OC1N(C(C)C)C=CN1C(C)C. The smallest absolute Gasteiger partial charge is 0.305 e. The van der Waals surface area contributed by atoms with Crippen LogP contribution in [-0.4, -0.2) is 34.2 Å². The van der Waals surface area contributed by atoms with E-state index in [1.807, 2.05) is 22.2 Å². The van der Waals surface area contributed by atoms with Crippen molar-refractivity contribution < 1.29 is 9.53 Å². The molecule has 1 rings (SSSR count). The average molecular weight is 212 g/mol. The summed E-state index contributed by atoms with van der Waals surface area (Å²) in [5.41, 5.74) is 0. The highest BCUT2D eigenvalue weighted by Crippen LogP contribution is 2.22. The molecule has 0 unspecified atom stereocenters. The van der Waals surface area contributed by atoms with Crippen LogP contribution in [-0.2, 0) is 9.53 Å². The largest absolute Gasteiger partial charge is 0.423 e. The average Bonchev–Trinajstić information content (AvgIpc) is 2.46.